The molecule has 1 heterocycles. The fourth-order valence-electron chi connectivity index (χ4n) is 2.57. The predicted molar refractivity (Wildman–Crippen MR) is 82.1 cm³/mol. The average Bonchev–Trinajstić information content (AvgIpc) is 2.54. The Balaban J connectivity index is 2.34. The van der Waals surface area contributed by atoms with E-state index in [4.69, 9.17) is 5.11 Å². The average molecular weight is 383 g/mol. The Morgan fingerprint density at radius 2 is 1.80 bits per heavy atom. The van der Waals surface area contributed by atoms with Crippen molar-refractivity contribution in [1.29, 1.82) is 0 Å². The zero-order valence-corrected chi connectivity index (χ0v) is 13.8. The Morgan fingerprint density at radius 1 is 1.20 bits per heavy atom. The van der Waals surface area contributed by atoms with E-state index < -0.39 is 30.9 Å². The van der Waals surface area contributed by atoms with Gasteiger partial charge in [-0.1, -0.05) is 0 Å². The molecule has 1 aromatic carbocycles. The number of rotatable bonds is 5. The summed E-state index contributed by atoms with van der Waals surface area (Å²) in [6.07, 6.45) is 0. The van der Waals surface area contributed by atoms with Gasteiger partial charge in [0.25, 0.3) is 15.5 Å². The number of nitrogens with zero attached hydrogens (tertiary/aromatic N) is 3. The van der Waals surface area contributed by atoms with Gasteiger partial charge in [0.05, 0.1) is 16.4 Å². The van der Waals surface area contributed by atoms with Crippen LogP contribution in [0.3, 0.4) is 0 Å². The van der Waals surface area contributed by atoms with Gasteiger partial charge in [-0.25, -0.2) is 8.42 Å². The SMILES string of the molecule is O=[N+]([O-])c1cc(S(=O)(=O)C(F)(F)F)ccc1N1CCN(CCO)CC1. The molecule has 0 aromatic heterocycles. The summed E-state index contributed by atoms with van der Waals surface area (Å²) in [7, 11) is -5.66. The van der Waals surface area contributed by atoms with Crippen LogP contribution in [0, 0.1) is 10.1 Å². The Hall–Kier alpha value is -1.92. The highest BCUT2D eigenvalue weighted by Gasteiger charge is 2.47. The van der Waals surface area contributed by atoms with Crippen LogP contribution in [0.25, 0.3) is 0 Å². The Labute approximate surface area is 141 Å². The third-order valence-corrected chi connectivity index (χ3v) is 5.37. The maximum Gasteiger partial charge on any atom is 0.501 e. The van der Waals surface area contributed by atoms with E-state index in [2.05, 4.69) is 0 Å². The highest BCUT2D eigenvalue weighted by atomic mass is 32.2. The first kappa shape index (κ1) is 19.4. The van der Waals surface area contributed by atoms with Crippen molar-refractivity contribution >= 4 is 21.2 Å². The van der Waals surface area contributed by atoms with Gasteiger partial charge >= 0.3 is 5.51 Å². The van der Waals surface area contributed by atoms with Crippen LogP contribution in [0.2, 0.25) is 0 Å². The molecule has 0 atom stereocenters. The van der Waals surface area contributed by atoms with Gasteiger partial charge in [-0.05, 0) is 12.1 Å². The molecule has 1 saturated heterocycles. The van der Waals surface area contributed by atoms with E-state index in [1.165, 1.54) is 0 Å². The normalized spacial score (nSPS) is 16.9. The smallest absolute Gasteiger partial charge is 0.395 e. The number of nitro groups is 1. The number of benzene rings is 1. The number of alkyl halides is 3. The van der Waals surface area contributed by atoms with E-state index >= 15 is 0 Å². The van der Waals surface area contributed by atoms with Crippen LogP contribution < -0.4 is 4.90 Å². The molecule has 2 rings (SSSR count). The fraction of sp³-hybridized carbons (Fsp3) is 0.538. The summed E-state index contributed by atoms with van der Waals surface area (Å²) >= 11 is 0. The maximum absolute atomic E-state index is 12.6. The van der Waals surface area contributed by atoms with Crippen molar-refractivity contribution < 1.29 is 31.6 Å². The number of hydrogen-bond donors (Lipinski definition) is 1. The standard InChI is InChI=1S/C13H16F3N3O5S/c14-13(15,16)25(23,24)10-1-2-11(12(9-10)19(21)22)18-5-3-17(4-6-18)7-8-20/h1-2,9,20H,3-8H2. The Bertz CT molecular complexity index is 746. The lowest BCUT2D eigenvalue weighted by Crippen LogP contribution is -2.47. The summed E-state index contributed by atoms with van der Waals surface area (Å²) < 4.78 is 60.8. The molecular weight excluding hydrogens is 367 g/mol. The van der Waals surface area contributed by atoms with Gasteiger partial charge in [0.1, 0.15) is 5.69 Å². The van der Waals surface area contributed by atoms with Gasteiger partial charge in [-0.3, -0.25) is 15.0 Å². The molecule has 1 aliphatic rings. The molecule has 8 nitrogen and oxygen atoms in total. The summed E-state index contributed by atoms with van der Waals surface area (Å²) in [6, 6.07) is 2.20. The number of sulfone groups is 1. The van der Waals surface area contributed by atoms with E-state index in [0.29, 0.717) is 38.8 Å². The molecule has 25 heavy (non-hydrogen) atoms. The lowest BCUT2D eigenvalue weighted by atomic mass is 10.2. The summed E-state index contributed by atoms with van der Waals surface area (Å²) in [4.78, 5) is 12.7. The van der Waals surface area contributed by atoms with Crippen LogP contribution in [0.5, 0.6) is 0 Å². The van der Waals surface area contributed by atoms with Crippen molar-refractivity contribution in [2.45, 2.75) is 10.4 Å². The van der Waals surface area contributed by atoms with Gasteiger partial charge in [0.15, 0.2) is 0 Å². The molecule has 1 N–H and O–H groups in total. The molecule has 1 fully saturated rings. The molecule has 0 bridgehead atoms. The first-order chi connectivity index (χ1) is 11.6. The molecule has 0 spiro atoms. The number of halogens is 3. The molecule has 140 valence electrons. The molecule has 0 aliphatic carbocycles. The van der Waals surface area contributed by atoms with Crippen molar-refractivity contribution in [1.82, 2.24) is 4.90 Å². The van der Waals surface area contributed by atoms with Crippen molar-refractivity contribution in [2.24, 2.45) is 0 Å². The van der Waals surface area contributed by atoms with Crippen LogP contribution >= 0.6 is 0 Å². The maximum atomic E-state index is 12.6. The quantitative estimate of drug-likeness (QED) is 0.598. The summed E-state index contributed by atoms with van der Waals surface area (Å²) in [5.41, 5.74) is -6.16. The van der Waals surface area contributed by atoms with Gasteiger partial charge in [-0.15, -0.1) is 0 Å². The van der Waals surface area contributed by atoms with E-state index in [0.717, 1.165) is 12.1 Å². The first-order valence-corrected chi connectivity index (χ1v) is 8.74. The first-order valence-electron chi connectivity index (χ1n) is 7.26. The molecule has 1 aliphatic heterocycles. The van der Waals surface area contributed by atoms with Gasteiger partial charge < -0.3 is 10.0 Å². The molecule has 0 unspecified atom stereocenters. The van der Waals surface area contributed by atoms with Crippen LogP contribution in [0.15, 0.2) is 23.1 Å². The summed E-state index contributed by atoms with van der Waals surface area (Å²) in [5, 5.41) is 20.1. The number of β-amino-alcohol motifs (C(OH)–C–C–N with tert-alkyl or cyclic N) is 1. The Kier molecular flexibility index (Phi) is 5.54. The van der Waals surface area contributed by atoms with Crippen molar-refractivity contribution in [3.63, 3.8) is 0 Å². The molecule has 0 saturated carbocycles. The van der Waals surface area contributed by atoms with Crippen LogP contribution in [-0.4, -0.2) is 68.2 Å². The third kappa shape index (κ3) is 4.02. The summed E-state index contributed by atoms with van der Waals surface area (Å²) in [6.45, 7) is 2.20. The highest BCUT2D eigenvalue weighted by Crippen LogP contribution is 2.36. The number of aliphatic hydroxyl groups is 1. The zero-order chi connectivity index (χ0) is 18.8. The van der Waals surface area contributed by atoms with Crippen LogP contribution in [0.1, 0.15) is 0 Å². The van der Waals surface area contributed by atoms with Gasteiger partial charge in [0.2, 0.25) is 0 Å². The minimum absolute atomic E-state index is 0.0237. The molecule has 0 amide bonds. The lowest BCUT2D eigenvalue weighted by molar-refractivity contribution is -0.384. The number of piperazine rings is 1. The van der Waals surface area contributed by atoms with Gasteiger partial charge in [0, 0.05) is 38.8 Å². The number of anilines is 1. The van der Waals surface area contributed by atoms with Gasteiger partial charge in [-0.2, -0.15) is 13.2 Å². The monoisotopic (exact) mass is 383 g/mol. The largest absolute Gasteiger partial charge is 0.501 e. The van der Waals surface area contributed by atoms with Crippen LogP contribution in [-0.2, 0) is 9.84 Å². The second-order valence-corrected chi connectivity index (χ2v) is 7.35. The molecule has 1 aromatic rings. The van der Waals surface area contributed by atoms with E-state index in [1.54, 1.807) is 4.90 Å². The van der Waals surface area contributed by atoms with Crippen molar-refractivity contribution in [2.75, 3.05) is 44.2 Å². The zero-order valence-electron chi connectivity index (χ0n) is 12.9. The minimum atomic E-state index is -5.66. The lowest BCUT2D eigenvalue weighted by Gasteiger charge is -2.35. The Morgan fingerprint density at radius 3 is 2.28 bits per heavy atom. The number of nitro benzene ring substituents is 1. The van der Waals surface area contributed by atoms with Crippen molar-refractivity contribution in [3.8, 4) is 0 Å². The second kappa shape index (κ2) is 7.14. The predicted octanol–water partition coefficient (Wildman–Crippen LogP) is 1.00. The molecule has 0 radical (unpaired) electrons. The second-order valence-electron chi connectivity index (χ2n) is 5.41. The van der Waals surface area contributed by atoms with Crippen molar-refractivity contribution in [3.05, 3.63) is 28.3 Å². The fourth-order valence-corrected chi connectivity index (χ4v) is 3.35. The van der Waals surface area contributed by atoms with E-state index in [1.807, 2.05) is 4.90 Å². The summed E-state index contributed by atoms with van der Waals surface area (Å²) in [5.74, 6) is 0. The molecule has 12 heteroatoms. The topological polar surface area (TPSA) is 104 Å². The third-order valence-electron chi connectivity index (χ3n) is 3.89. The number of aliphatic hydroxyl groups excluding tert-OH is 1. The number of hydrogen-bond acceptors (Lipinski definition) is 7. The van der Waals surface area contributed by atoms with Crippen LogP contribution in [0.4, 0.5) is 24.5 Å². The van der Waals surface area contributed by atoms with E-state index in [9.17, 15) is 31.7 Å². The molecular formula is C13H16F3N3O5S. The highest BCUT2D eigenvalue weighted by molar-refractivity contribution is 7.92. The van der Waals surface area contributed by atoms with E-state index in [-0.39, 0.29) is 12.3 Å². The minimum Gasteiger partial charge on any atom is -0.395 e.